The van der Waals surface area contributed by atoms with Gasteiger partial charge in [0.2, 0.25) is 0 Å². The quantitative estimate of drug-likeness (QED) is 0.755. The van der Waals surface area contributed by atoms with E-state index in [2.05, 4.69) is 30.2 Å². The molecule has 108 valence electrons. The van der Waals surface area contributed by atoms with Crippen LogP contribution in [-0.4, -0.2) is 34.5 Å². The summed E-state index contributed by atoms with van der Waals surface area (Å²) in [7, 11) is 0. The average molecular weight is 274 g/mol. The number of rotatable bonds is 6. The van der Waals surface area contributed by atoms with Crippen molar-refractivity contribution in [3.63, 3.8) is 0 Å². The maximum absolute atomic E-state index is 9.41. The van der Waals surface area contributed by atoms with Crippen molar-refractivity contribution >= 4 is 16.7 Å². The second-order valence-corrected chi connectivity index (χ2v) is 5.50. The number of nitrogens with zero attached hydrogens (tertiary/aromatic N) is 1. The molecule has 0 amide bonds. The van der Waals surface area contributed by atoms with Crippen molar-refractivity contribution in [2.45, 2.75) is 26.4 Å². The highest BCUT2D eigenvalue weighted by Gasteiger charge is 2.08. The molecule has 0 spiro atoms. The highest BCUT2D eigenvalue weighted by molar-refractivity contribution is 5.84. The Morgan fingerprint density at radius 3 is 2.70 bits per heavy atom. The first kappa shape index (κ1) is 14.8. The van der Waals surface area contributed by atoms with Crippen LogP contribution in [0.2, 0.25) is 0 Å². The molecular formula is C16H22N2O2. The average Bonchev–Trinajstić information content (AvgIpc) is 2.44. The highest BCUT2D eigenvalue weighted by Crippen LogP contribution is 2.23. The van der Waals surface area contributed by atoms with Gasteiger partial charge in [-0.15, -0.1) is 0 Å². The fourth-order valence-corrected chi connectivity index (χ4v) is 2.23. The molecule has 0 aliphatic heterocycles. The molecule has 0 saturated heterocycles. The van der Waals surface area contributed by atoms with E-state index in [1.165, 1.54) is 10.9 Å². The summed E-state index contributed by atoms with van der Waals surface area (Å²) in [6.07, 6.45) is 0.220. The number of benzene rings is 1. The Kier molecular flexibility index (Phi) is 4.93. The van der Waals surface area contributed by atoms with E-state index in [0.29, 0.717) is 12.5 Å². The smallest absolute Gasteiger partial charge is 0.127 e. The first-order valence-corrected chi connectivity index (χ1v) is 7.01. The van der Waals surface area contributed by atoms with Crippen LogP contribution in [0.1, 0.15) is 19.4 Å². The van der Waals surface area contributed by atoms with Crippen molar-refractivity contribution in [2.75, 3.05) is 18.5 Å². The Morgan fingerprint density at radius 1 is 1.25 bits per heavy atom. The lowest BCUT2D eigenvalue weighted by molar-refractivity contribution is 0.105. The van der Waals surface area contributed by atoms with Crippen LogP contribution in [0.3, 0.4) is 0 Å². The number of anilines is 1. The molecule has 2 rings (SSSR count). The molecule has 0 aliphatic rings. The third-order valence-corrected chi connectivity index (χ3v) is 3.16. The van der Waals surface area contributed by atoms with E-state index >= 15 is 0 Å². The van der Waals surface area contributed by atoms with Gasteiger partial charge in [0.15, 0.2) is 0 Å². The van der Waals surface area contributed by atoms with E-state index in [1.807, 2.05) is 24.3 Å². The Bertz CT molecular complexity index is 569. The van der Waals surface area contributed by atoms with Gasteiger partial charge in [-0.25, -0.2) is 4.98 Å². The van der Waals surface area contributed by atoms with Crippen molar-refractivity contribution in [2.24, 2.45) is 5.92 Å². The van der Waals surface area contributed by atoms with E-state index in [4.69, 9.17) is 5.11 Å². The maximum Gasteiger partial charge on any atom is 0.127 e. The molecule has 1 aromatic heterocycles. The van der Waals surface area contributed by atoms with E-state index in [0.717, 1.165) is 17.8 Å². The van der Waals surface area contributed by atoms with Crippen molar-refractivity contribution < 1.29 is 10.2 Å². The van der Waals surface area contributed by atoms with Crippen molar-refractivity contribution in [3.8, 4) is 0 Å². The lowest BCUT2D eigenvalue weighted by Crippen LogP contribution is -2.23. The highest BCUT2D eigenvalue weighted by atomic mass is 16.3. The standard InChI is InChI=1S/C16H22N2O2/c1-11(2)7-12-8-16(17-9-13(20)10-19)18-15-6-4-3-5-14(12)15/h3-6,8,11,13,19-20H,7,9-10H2,1-2H3,(H,17,18). The van der Waals surface area contributed by atoms with Crippen LogP contribution < -0.4 is 5.32 Å². The first-order chi connectivity index (χ1) is 9.60. The lowest BCUT2D eigenvalue weighted by atomic mass is 9.99. The monoisotopic (exact) mass is 274 g/mol. The van der Waals surface area contributed by atoms with Crippen molar-refractivity contribution in [3.05, 3.63) is 35.9 Å². The van der Waals surface area contributed by atoms with Gasteiger partial charge in [-0.2, -0.15) is 0 Å². The number of hydrogen-bond acceptors (Lipinski definition) is 4. The zero-order chi connectivity index (χ0) is 14.5. The first-order valence-electron chi connectivity index (χ1n) is 7.01. The molecule has 0 aliphatic carbocycles. The van der Waals surface area contributed by atoms with Gasteiger partial charge in [0.1, 0.15) is 5.82 Å². The fourth-order valence-electron chi connectivity index (χ4n) is 2.23. The third-order valence-electron chi connectivity index (χ3n) is 3.16. The summed E-state index contributed by atoms with van der Waals surface area (Å²) >= 11 is 0. The summed E-state index contributed by atoms with van der Waals surface area (Å²) in [5.74, 6) is 1.31. The summed E-state index contributed by atoms with van der Waals surface area (Å²) in [6.45, 7) is 4.43. The molecule has 1 atom stereocenters. The van der Waals surface area contributed by atoms with Gasteiger partial charge in [-0.1, -0.05) is 32.0 Å². The number of fused-ring (bicyclic) bond motifs is 1. The van der Waals surface area contributed by atoms with Crippen LogP contribution in [0.5, 0.6) is 0 Å². The van der Waals surface area contributed by atoms with Crippen molar-refractivity contribution in [1.82, 2.24) is 4.98 Å². The number of aliphatic hydroxyl groups excluding tert-OH is 2. The number of hydrogen-bond donors (Lipinski definition) is 3. The predicted octanol–water partition coefficient (Wildman–Crippen LogP) is 2.20. The van der Waals surface area contributed by atoms with E-state index in [9.17, 15) is 5.11 Å². The van der Waals surface area contributed by atoms with Gasteiger partial charge in [0.05, 0.1) is 18.2 Å². The van der Waals surface area contributed by atoms with Crippen LogP contribution in [0.4, 0.5) is 5.82 Å². The van der Waals surface area contributed by atoms with Crippen LogP contribution >= 0.6 is 0 Å². The van der Waals surface area contributed by atoms with E-state index < -0.39 is 6.10 Å². The number of aliphatic hydroxyl groups is 2. The van der Waals surface area contributed by atoms with E-state index in [-0.39, 0.29) is 6.61 Å². The summed E-state index contributed by atoms with van der Waals surface area (Å²) in [5, 5.41) is 22.5. The number of para-hydroxylation sites is 1. The fraction of sp³-hybridized carbons (Fsp3) is 0.438. The molecule has 3 N–H and O–H groups in total. The molecule has 1 unspecified atom stereocenters. The number of nitrogens with one attached hydrogen (secondary N) is 1. The molecule has 20 heavy (non-hydrogen) atoms. The van der Waals surface area contributed by atoms with E-state index in [1.54, 1.807) is 0 Å². The Labute approximate surface area is 119 Å². The molecule has 0 fully saturated rings. The zero-order valence-corrected chi connectivity index (χ0v) is 12.0. The maximum atomic E-state index is 9.41. The number of pyridine rings is 1. The number of aromatic nitrogens is 1. The molecular weight excluding hydrogens is 252 g/mol. The molecule has 1 heterocycles. The second-order valence-electron chi connectivity index (χ2n) is 5.50. The lowest BCUT2D eigenvalue weighted by Gasteiger charge is -2.14. The SMILES string of the molecule is CC(C)Cc1cc(NCC(O)CO)nc2ccccc12. The van der Waals surface area contributed by atoms with Crippen LogP contribution in [0, 0.1) is 5.92 Å². The minimum Gasteiger partial charge on any atom is -0.394 e. The van der Waals surface area contributed by atoms with Gasteiger partial charge >= 0.3 is 0 Å². The zero-order valence-electron chi connectivity index (χ0n) is 12.0. The normalized spacial score (nSPS) is 12.8. The molecule has 4 nitrogen and oxygen atoms in total. The molecule has 0 bridgehead atoms. The Morgan fingerprint density at radius 2 is 2.00 bits per heavy atom. The summed E-state index contributed by atoms with van der Waals surface area (Å²) in [6, 6.07) is 10.1. The van der Waals surface area contributed by atoms with Crippen LogP contribution in [0.25, 0.3) is 10.9 Å². The Hall–Kier alpha value is -1.65. The summed E-state index contributed by atoms with van der Waals surface area (Å²) in [4.78, 5) is 4.55. The minimum absolute atomic E-state index is 0.251. The van der Waals surface area contributed by atoms with Gasteiger partial charge in [0.25, 0.3) is 0 Å². The molecule has 0 saturated carbocycles. The molecule has 2 aromatic rings. The summed E-state index contributed by atoms with van der Waals surface area (Å²) < 4.78 is 0. The Balaban J connectivity index is 2.31. The van der Waals surface area contributed by atoms with Crippen molar-refractivity contribution in [1.29, 1.82) is 0 Å². The topological polar surface area (TPSA) is 65.4 Å². The summed E-state index contributed by atoms with van der Waals surface area (Å²) in [5.41, 5.74) is 2.21. The second kappa shape index (κ2) is 6.68. The van der Waals surface area contributed by atoms with Gasteiger partial charge < -0.3 is 15.5 Å². The van der Waals surface area contributed by atoms with Crippen LogP contribution in [0.15, 0.2) is 30.3 Å². The molecule has 1 aromatic carbocycles. The molecule has 4 heteroatoms. The van der Waals surface area contributed by atoms with Gasteiger partial charge in [-0.05, 0) is 30.0 Å². The minimum atomic E-state index is -0.767. The third kappa shape index (κ3) is 3.68. The van der Waals surface area contributed by atoms with Gasteiger partial charge in [-0.3, -0.25) is 0 Å². The van der Waals surface area contributed by atoms with Crippen LogP contribution in [-0.2, 0) is 6.42 Å². The van der Waals surface area contributed by atoms with Gasteiger partial charge in [0, 0.05) is 11.9 Å². The molecule has 0 radical (unpaired) electrons. The predicted molar refractivity (Wildman–Crippen MR) is 81.9 cm³/mol. The largest absolute Gasteiger partial charge is 0.394 e.